The van der Waals surface area contributed by atoms with E-state index in [9.17, 15) is 14.7 Å². The van der Waals surface area contributed by atoms with Crippen LogP contribution in [0.3, 0.4) is 0 Å². The van der Waals surface area contributed by atoms with Crippen molar-refractivity contribution in [2.24, 2.45) is 5.92 Å². The number of ether oxygens (including phenoxy) is 1. The Morgan fingerprint density at radius 3 is 2.57 bits per heavy atom. The molecular weight excluding hydrogens is 499 g/mol. The van der Waals surface area contributed by atoms with Crippen molar-refractivity contribution in [3.63, 3.8) is 0 Å². The SMILES string of the molecule is Cc1ccc(NC(=O)O[C@@H](c2cc(I)ccc2O)[C@H](C)CC/C=C/C(=O)NO)cc1. The molecule has 0 aliphatic carbocycles. The molecule has 0 spiro atoms. The number of amides is 2. The Kier molecular flexibility index (Phi) is 9.13. The summed E-state index contributed by atoms with van der Waals surface area (Å²) in [5.41, 5.74) is 3.74. The van der Waals surface area contributed by atoms with Crippen LogP contribution in [0.15, 0.2) is 54.6 Å². The number of phenolic OH excluding ortho intramolecular Hbond substituents is 1. The number of halogens is 1. The summed E-state index contributed by atoms with van der Waals surface area (Å²) in [4.78, 5) is 23.6. The molecule has 0 bridgehead atoms. The van der Waals surface area contributed by atoms with E-state index in [-0.39, 0.29) is 11.7 Å². The Morgan fingerprint density at radius 1 is 1.20 bits per heavy atom. The third kappa shape index (κ3) is 7.34. The highest BCUT2D eigenvalue weighted by atomic mass is 127. The number of hydroxylamine groups is 1. The Morgan fingerprint density at radius 2 is 1.90 bits per heavy atom. The van der Waals surface area contributed by atoms with Crippen molar-refractivity contribution in [3.05, 3.63) is 69.3 Å². The smallest absolute Gasteiger partial charge is 0.412 e. The molecule has 0 heterocycles. The number of carbonyl (C=O) groups is 2. The first-order valence-corrected chi connectivity index (χ1v) is 10.5. The summed E-state index contributed by atoms with van der Waals surface area (Å²) in [5.74, 6) is -0.714. The number of nitrogens with one attached hydrogen (secondary N) is 2. The van der Waals surface area contributed by atoms with Gasteiger partial charge in [0, 0.05) is 20.9 Å². The van der Waals surface area contributed by atoms with E-state index >= 15 is 0 Å². The zero-order valence-corrected chi connectivity index (χ0v) is 18.9. The molecule has 2 amide bonds. The molecule has 0 aromatic heterocycles. The number of aromatic hydroxyl groups is 1. The Balaban J connectivity index is 2.15. The van der Waals surface area contributed by atoms with Crippen LogP contribution in [0.5, 0.6) is 5.75 Å². The zero-order chi connectivity index (χ0) is 22.1. The molecule has 0 saturated carbocycles. The quantitative estimate of drug-likeness (QED) is 0.167. The number of anilines is 1. The number of allylic oxidation sites excluding steroid dienone is 1. The molecule has 0 radical (unpaired) electrons. The highest BCUT2D eigenvalue weighted by molar-refractivity contribution is 14.1. The minimum absolute atomic E-state index is 0.0469. The lowest BCUT2D eigenvalue weighted by Crippen LogP contribution is -2.22. The average Bonchev–Trinajstić information content (AvgIpc) is 2.72. The van der Waals surface area contributed by atoms with E-state index in [4.69, 9.17) is 9.94 Å². The molecule has 0 aliphatic heterocycles. The molecule has 0 saturated heterocycles. The van der Waals surface area contributed by atoms with Gasteiger partial charge >= 0.3 is 6.09 Å². The van der Waals surface area contributed by atoms with Crippen molar-refractivity contribution >= 4 is 40.3 Å². The number of hydrogen-bond donors (Lipinski definition) is 4. The maximum Gasteiger partial charge on any atom is 0.412 e. The largest absolute Gasteiger partial charge is 0.508 e. The third-order valence-electron chi connectivity index (χ3n) is 4.51. The van der Waals surface area contributed by atoms with Crippen molar-refractivity contribution in [2.75, 3.05) is 5.32 Å². The highest BCUT2D eigenvalue weighted by Crippen LogP contribution is 2.36. The lowest BCUT2D eigenvalue weighted by atomic mass is 9.92. The fraction of sp³-hybridized carbons (Fsp3) is 0.273. The van der Waals surface area contributed by atoms with Crippen LogP contribution in [0.4, 0.5) is 10.5 Å². The van der Waals surface area contributed by atoms with E-state index in [0.717, 1.165) is 9.13 Å². The molecule has 7 nitrogen and oxygen atoms in total. The van der Waals surface area contributed by atoms with Crippen LogP contribution in [0.1, 0.15) is 37.0 Å². The number of carbonyl (C=O) groups excluding carboxylic acids is 2. The van der Waals surface area contributed by atoms with Gasteiger partial charge in [0.15, 0.2) is 0 Å². The molecule has 2 atom stereocenters. The van der Waals surface area contributed by atoms with Crippen molar-refractivity contribution in [3.8, 4) is 5.75 Å². The van der Waals surface area contributed by atoms with Crippen LogP contribution in [0.2, 0.25) is 0 Å². The summed E-state index contributed by atoms with van der Waals surface area (Å²) < 4.78 is 6.61. The minimum atomic E-state index is -0.690. The molecule has 0 aliphatic rings. The summed E-state index contributed by atoms with van der Waals surface area (Å²) >= 11 is 2.13. The Bertz CT molecular complexity index is 899. The number of hydrogen-bond acceptors (Lipinski definition) is 5. The van der Waals surface area contributed by atoms with Gasteiger partial charge in [0.05, 0.1) is 0 Å². The van der Waals surface area contributed by atoms with Gasteiger partial charge in [-0.15, -0.1) is 0 Å². The van der Waals surface area contributed by atoms with Crippen LogP contribution in [0, 0.1) is 16.4 Å². The minimum Gasteiger partial charge on any atom is -0.508 e. The molecule has 160 valence electrons. The fourth-order valence-electron chi connectivity index (χ4n) is 2.88. The van der Waals surface area contributed by atoms with E-state index in [1.165, 1.54) is 11.6 Å². The first-order valence-electron chi connectivity index (χ1n) is 9.43. The molecule has 0 unspecified atom stereocenters. The summed E-state index contributed by atoms with van der Waals surface area (Å²) in [6, 6.07) is 12.5. The fourth-order valence-corrected chi connectivity index (χ4v) is 3.39. The van der Waals surface area contributed by atoms with Gasteiger partial charge in [0.25, 0.3) is 5.91 Å². The van der Waals surface area contributed by atoms with Gasteiger partial charge in [-0.1, -0.05) is 30.7 Å². The Labute approximate surface area is 189 Å². The first-order chi connectivity index (χ1) is 14.3. The van der Waals surface area contributed by atoms with E-state index < -0.39 is 18.1 Å². The topological polar surface area (TPSA) is 108 Å². The zero-order valence-electron chi connectivity index (χ0n) is 16.8. The molecule has 4 N–H and O–H groups in total. The lowest BCUT2D eigenvalue weighted by Gasteiger charge is -2.25. The van der Waals surface area contributed by atoms with E-state index in [1.807, 2.05) is 26.0 Å². The van der Waals surface area contributed by atoms with Gasteiger partial charge in [0.2, 0.25) is 0 Å². The van der Waals surface area contributed by atoms with E-state index in [1.54, 1.807) is 36.4 Å². The van der Waals surface area contributed by atoms with Gasteiger partial charge in [-0.2, -0.15) is 0 Å². The molecule has 2 aromatic carbocycles. The molecule has 2 rings (SSSR count). The molecular formula is C22H25IN2O5. The van der Waals surface area contributed by atoms with Crippen LogP contribution in [0.25, 0.3) is 0 Å². The van der Waals surface area contributed by atoms with Crippen molar-refractivity contribution in [2.45, 2.75) is 32.8 Å². The van der Waals surface area contributed by atoms with Gasteiger partial charge in [-0.05, 0) is 78.6 Å². The standard InChI is InChI=1S/C22H25IN2O5/c1-14-7-10-17(11-8-14)24-22(28)30-21(18-13-16(23)9-12-19(18)26)15(2)5-3-4-6-20(27)25-29/h4,6-13,15,21,26,29H,3,5H2,1-2H3,(H,24,28)(H,25,27)/b6-4+/t15-,21-/m1/s1. The van der Waals surface area contributed by atoms with Gasteiger partial charge < -0.3 is 9.84 Å². The van der Waals surface area contributed by atoms with Crippen LogP contribution in [-0.4, -0.2) is 22.3 Å². The van der Waals surface area contributed by atoms with Gasteiger partial charge in [-0.3, -0.25) is 15.3 Å². The second kappa shape index (κ2) is 11.6. The number of aryl methyl sites for hydroxylation is 1. The number of phenols is 1. The highest BCUT2D eigenvalue weighted by Gasteiger charge is 2.26. The summed E-state index contributed by atoms with van der Waals surface area (Å²) in [5, 5.41) is 21.6. The second-order valence-electron chi connectivity index (χ2n) is 6.95. The normalized spacial score (nSPS) is 12.9. The predicted octanol–water partition coefficient (Wildman–Crippen LogP) is 5.07. The summed E-state index contributed by atoms with van der Waals surface area (Å²) in [6.45, 7) is 3.86. The van der Waals surface area contributed by atoms with Gasteiger partial charge in [0.1, 0.15) is 11.9 Å². The number of rotatable bonds is 8. The van der Waals surface area contributed by atoms with Crippen LogP contribution >= 0.6 is 22.6 Å². The molecule has 8 heteroatoms. The summed E-state index contributed by atoms with van der Waals surface area (Å²) in [7, 11) is 0. The molecule has 2 aromatic rings. The van der Waals surface area contributed by atoms with Crippen LogP contribution < -0.4 is 10.8 Å². The predicted molar refractivity (Wildman–Crippen MR) is 122 cm³/mol. The first kappa shape index (κ1) is 23.7. The second-order valence-corrected chi connectivity index (χ2v) is 8.20. The summed E-state index contributed by atoms with van der Waals surface area (Å²) in [6.07, 6.45) is 2.66. The lowest BCUT2D eigenvalue weighted by molar-refractivity contribution is -0.124. The molecule has 30 heavy (non-hydrogen) atoms. The maximum absolute atomic E-state index is 12.5. The van der Waals surface area contributed by atoms with E-state index in [2.05, 4.69) is 27.9 Å². The van der Waals surface area contributed by atoms with Crippen molar-refractivity contribution < 1.29 is 24.6 Å². The average molecular weight is 524 g/mol. The van der Waals surface area contributed by atoms with Crippen molar-refractivity contribution in [1.82, 2.24) is 5.48 Å². The van der Waals surface area contributed by atoms with Crippen molar-refractivity contribution in [1.29, 1.82) is 0 Å². The maximum atomic E-state index is 12.5. The van der Waals surface area contributed by atoms with Crippen LogP contribution in [-0.2, 0) is 9.53 Å². The van der Waals surface area contributed by atoms with Gasteiger partial charge in [-0.25, -0.2) is 10.3 Å². The monoisotopic (exact) mass is 524 g/mol. The Hall–Kier alpha value is -2.59. The third-order valence-corrected chi connectivity index (χ3v) is 5.18. The van der Waals surface area contributed by atoms with E-state index in [0.29, 0.717) is 24.1 Å². The number of benzene rings is 2. The molecule has 0 fully saturated rings.